The first-order chi connectivity index (χ1) is 7.26. The van der Waals surface area contributed by atoms with E-state index in [0.29, 0.717) is 13.0 Å². The molecule has 86 valence electrons. The summed E-state index contributed by atoms with van der Waals surface area (Å²) in [5.41, 5.74) is 0. The summed E-state index contributed by atoms with van der Waals surface area (Å²) < 4.78 is 0. The summed E-state index contributed by atoms with van der Waals surface area (Å²) in [6, 6.07) is 0.150. The van der Waals surface area contributed by atoms with Crippen molar-refractivity contribution in [1.29, 1.82) is 0 Å². The molecule has 5 heteroatoms. The molecule has 0 saturated carbocycles. The van der Waals surface area contributed by atoms with Crippen LogP contribution in [0.4, 0.5) is 0 Å². The maximum Gasteiger partial charge on any atom is 0.220 e. The van der Waals surface area contributed by atoms with E-state index in [1.165, 1.54) is 0 Å². The first kappa shape index (κ1) is 12.0. The zero-order valence-corrected chi connectivity index (χ0v) is 9.16. The Labute approximate surface area is 90.2 Å². The van der Waals surface area contributed by atoms with Crippen LogP contribution in [0.1, 0.15) is 19.3 Å². The molecule has 1 saturated heterocycles. The van der Waals surface area contributed by atoms with Crippen LogP contribution < -0.4 is 10.6 Å². The lowest BCUT2D eigenvalue weighted by molar-refractivity contribution is -0.122. The van der Waals surface area contributed by atoms with Crippen molar-refractivity contribution in [3.63, 3.8) is 0 Å². The molecule has 1 aliphatic rings. The number of hydrogen-bond acceptors (Lipinski definition) is 3. The van der Waals surface area contributed by atoms with E-state index in [1.54, 1.807) is 4.90 Å². The molecule has 1 heterocycles. The molecule has 2 amide bonds. The van der Waals surface area contributed by atoms with Crippen molar-refractivity contribution in [2.24, 2.45) is 0 Å². The average molecular weight is 213 g/mol. The Morgan fingerprint density at radius 2 is 2.40 bits per heavy atom. The van der Waals surface area contributed by atoms with E-state index in [2.05, 4.69) is 10.6 Å². The number of carbonyl (C=O) groups excluding carboxylic acids is 2. The van der Waals surface area contributed by atoms with Crippen molar-refractivity contribution in [1.82, 2.24) is 15.5 Å². The lowest BCUT2D eigenvalue weighted by Crippen LogP contribution is -2.37. The molecule has 1 aliphatic heterocycles. The fraction of sp³-hybridized carbons (Fsp3) is 0.800. The zero-order valence-electron chi connectivity index (χ0n) is 9.16. The molecule has 0 radical (unpaired) electrons. The van der Waals surface area contributed by atoms with Gasteiger partial charge in [0.05, 0.1) is 0 Å². The van der Waals surface area contributed by atoms with Gasteiger partial charge in [-0.3, -0.25) is 9.59 Å². The molecular weight excluding hydrogens is 194 g/mol. The number of likely N-dealkylation sites (tertiary alicyclic amines) is 1. The van der Waals surface area contributed by atoms with E-state index in [9.17, 15) is 9.59 Å². The van der Waals surface area contributed by atoms with E-state index in [-0.39, 0.29) is 11.9 Å². The highest BCUT2D eigenvalue weighted by Gasteiger charge is 2.22. The first-order valence-electron chi connectivity index (χ1n) is 5.39. The van der Waals surface area contributed by atoms with Gasteiger partial charge in [0.15, 0.2) is 0 Å². The third-order valence-corrected chi connectivity index (χ3v) is 2.56. The minimum Gasteiger partial charge on any atom is -0.352 e. The van der Waals surface area contributed by atoms with Crippen molar-refractivity contribution < 1.29 is 9.59 Å². The van der Waals surface area contributed by atoms with Gasteiger partial charge in [0.25, 0.3) is 0 Å². The molecule has 0 aromatic heterocycles. The molecular formula is C10H19N3O2. The number of hydrogen-bond donors (Lipinski definition) is 2. The summed E-state index contributed by atoms with van der Waals surface area (Å²) in [6.07, 6.45) is 3.12. The van der Waals surface area contributed by atoms with Gasteiger partial charge in [0.2, 0.25) is 12.3 Å². The lowest BCUT2D eigenvalue weighted by atomic mass is 10.2. The highest BCUT2D eigenvalue weighted by molar-refractivity contribution is 5.76. The van der Waals surface area contributed by atoms with Gasteiger partial charge in [0, 0.05) is 25.6 Å². The monoisotopic (exact) mass is 213 g/mol. The van der Waals surface area contributed by atoms with E-state index in [4.69, 9.17) is 0 Å². The summed E-state index contributed by atoms with van der Waals surface area (Å²) in [5, 5.41) is 5.93. The Bertz CT molecular complexity index is 221. The Morgan fingerprint density at radius 3 is 3.00 bits per heavy atom. The predicted octanol–water partition coefficient (Wildman–Crippen LogP) is -0.667. The van der Waals surface area contributed by atoms with Crippen LogP contribution in [0.5, 0.6) is 0 Å². The van der Waals surface area contributed by atoms with Crippen LogP contribution in [-0.2, 0) is 9.59 Å². The van der Waals surface area contributed by atoms with Crippen molar-refractivity contribution in [2.45, 2.75) is 25.3 Å². The second-order valence-electron chi connectivity index (χ2n) is 3.86. The highest BCUT2D eigenvalue weighted by Crippen LogP contribution is 2.06. The number of carbonyl (C=O) groups is 2. The quantitative estimate of drug-likeness (QED) is 0.454. The molecule has 1 fully saturated rings. The van der Waals surface area contributed by atoms with Gasteiger partial charge >= 0.3 is 0 Å². The van der Waals surface area contributed by atoms with E-state index >= 15 is 0 Å². The second kappa shape index (κ2) is 6.40. The maximum absolute atomic E-state index is 11.4. The Kier molecular flexibility index (Phi) is 5.10. The Hall–Kier alpha value is -1.10. The van der Waals surface area contributed by atoms with E-state index in [0.717, 1.165) is 32.3 Å². The smallest absolute Gasteiger partial charge is 0.220 e. The molecule has 0 bridgehead atoms. The van der Waals surface area contributed by atoms with Gasteiger partial charge in [-0.25, -0.2) is 0 Å². The molecule has 5 nitrogen and oxygen atoms in total. The van der Waals surface area contributed by atoms with Crippen LogP contribution in [0.3, 0.4) is 0 Å². The zero-order chi connectivity index (χ0) is 11.1. The van der Waals surface area contributed by atoms with Gasteiger partial charge in [-0.2, -0.15) is 0 Å². The van der Waals surface area contributed by atoms with Crippen LogP contribution in [0.15, 0.2) is 0 Å². The molecule has 0 spiro atoms. The lowest BCUT2D eigenvalue weighted by Gasteiger charge is -2.12. The van der Waals surface area contributed by atoms with Gasteiger partial charge in [-0.05, 0) is 26.4 Å². The summed E-state index contributed by atoms with van der Waals surface area (Å²) in [6.45, 7) is 2.27. The Morgan fingerprint density at radius 1 is 1.60 bits per heavy atom. The van der Waals surface area contributed by atoms with Crippen LogP contribution in [0.25, 0.3) is 0 Å². The molecule has 0 aromatic carbocycles. The molecule has 1 unspecified atom stereocenters. The highest BCUT2D eigenvalue weighted by atomic mass is 16.2. The van der Waals surface area contributed by atoms with Gasteiger partial charge in [0.1, 0.15) is 0 Å². The SMILES string of the molecule is CNCCCC(=O)NC1CCN(C=O)C1. The van der Waals surface area contributed by atoms with Crippen molar-refractivity contribution in [2.75, 3.05) is 26.7 Å². The Balaban J connectivity index is 2.13. The molecule has 0 aliphatic carbocycles. The van der Waals surface area contributed by atoms with Crippen molar-refractivity contribution in [3.8, 4) is 0 Å². The number of amides is 2. The topological polar surface area (TPSA) is 61.4 Å². The fourth-order valence-electron chi connectivity index (χ4n) is 1.73. The third kappa shape index (κ3) is 4.29. The predicted molar refractivity (Wildman–Crippen MR) is 57.3 cm³/mol. The molecule has 2 N–H and O–H groups in total. The normalized spacial score (nSPS) is 20.3. The molecule has 1 atom stereocenters. The summed E-state index contributed by atoms with van der Waals surface area (Å²) in [5.74, 6) is 0.0861. The average Bonchev–Trinajstić information content (AvgIpc) is 2.66. The minimum atomic E-state index is 0.0861. The summed E-state index contributed by atoms with van der Waals surface area (Å²) in [4.78, 5) is 23.6. The van der Waals surface area contributed by atoms with Crippen molar-refractivity contribution in [3.05, 3.63) is 0 Å². The molecule has 15 heavy (non-hydrogen) atoms. The summed E-state index contributed by atoms with van der Waals surface area (Å²) >= 11 is 0. The third-order valence-electron chi connectivity index (χ3n) is 2.56. The standard InChI is InChI=1S/C10H19N3O2/c1-11-5-2-3-10(15)12-9-4-6-13(7-9)8-14/h8-9,11H,2-7H2,1H3,(H,12,15). The van der Waals surface area contributed by atoms with Gasteiger partial charge in [-0.1, -0.05) is 0 Å². The summed E-state index contributed by atoms with van der Waals surface area (Å²) in [7, 11) is 1.87. The number of nitrogens with one attached hydrogen (secondary N) is 2. The molecule has 1 rings (SSSR count). The minimum absolute atomic E-state index is 0.0861. The van der Waals surface area contributed by atoms with Crippen LogP contribution in [-0.4, -0.2) is 49.9 Å². The van der Waals surface area contributed by atoms with Crippen LogP contribution in [0.2, 0.25) is 0 Å². The van der Waals surface area contributed by atoms with Crippen LogP contribution >= 0.6 is 0 Å². The van der Waals surface area contributed by atoms with Crippen LogP contribution in [0, 0.1) is 0 Å². The van der Waals surface area contributed by atoms with Gasteiger partial charge < -0.3 is 15.5 Å². The number of nitrogens with zero attached hydrogens (tertiary/aromatic N) is 1. The number of rotatable bonds is 6. The second-order valence-corrected chi connectivity index (χ2v) is 3.86. The first-order valence-corrected chi connectivity index (χ1v) is 5.39. The van der Waals surface area contributed by atoms with Gasteiger partial charge in [-0.15, -0.1) is 0 Å². The largest absolute Gasteiger partial charge is 0.352 e. The van der Waals surface area contributed by atoms with E-state index in [1.807, 2.05) is 7.05 Å². The van der Waals surface area contributed by atoms with Crippen molar-refractivity contribution >= 4 is 12.3 Å². The van der Waals surface area contributed by atoms with E-state index < -0.39 is 0 Å². The molecule has 0 aromatic rings. The fourth-order valence-corrected chi connectivity index (χ4v) is 1.73. The maximum atomic E-state index is 11.4.